The van der Waals surface area contributed by atoms with Crippen LogP contribution in [0.3, 0.4) is 0 Å². The summed E-state index contributed by atoms with van der Waals surface area (Å²) in [7, 11) is 0. The molecule has 1 aromatic carbocycles. The van der Waals surface area contributed by atoms with E-state index in [4.69, 9.17) is 4.74 Å². The zero-order valence-electron chi connectivity index (χ0n) is 17.9. The summed E-state index contributed by atoms with van der Waals surface area (Å²) in [4.78, 5) is 0. The van der Waals surface area contributed by atoms with Crippen LogP contribution in [0.1, 0.15) is 76.7 Å². The number of alkyl halides is 2. The number of hydrogen-bond donors (Lipinski definition) is 0. The molecule has 30 heavy (non-hydrogen) atoms. The molecule has 0 amide bonds. The molecule has 0 saturated heterocycles. The monoisotopic (exact) mass is 426 g/mol. The maximum atomic E-state index is 14.8. The van der Waals surface area contributed by atoms with E-state index in [1.165, 1.54) is 44.6 Å². The Morgan fingerprint density at radius 1 is 1.00 bits per heavy atom. The molecule has 2 fully saturated rings. The topological polar surface area (TPSA) is 9.23 Å². The fourth-order valence-corrected chi connectivity index (χ4v) is 5.51. The van der Waals surface area contributed by atoms with Crippen molar-refractivity contribution in [2.24, 2.45) is 23.7 Å². The summed E-state index contributed by atoms with van der Waals surface area (Å²) in [5, 5.41) is 0. The molecule has 1 aromatic rings. The first kappa shape index (κ1) is 23.1. The van der Waals surface area contributed by atoms with Crippen LogP contribution in [0.15, 0.2) is 24.8 Å². The summed E-state index contributed by atoms with van der Waals surface area (Å²) in [6.07, 6.45) is 8.05. The Balaban J connectivity index is 1.55. The van der Waals surface area contributed by atoms with Crippen molar-refractivity contribution in [1.82, 2.24) is 0 Å². The van der Waals surface area contributed by atoms with Crippen molar-refractivity contribution in [3.63, 3.8) is 0 Å². The van der Waals surface area contributed by atoms with Crippen LogP contribution in [0.4, 0.5) is 17.6 Å². The van der Waals surface area contributed by atoms with Crippen molar-refractivity contribution in [2.45, 2.75) is 83.7 Å². The number of hydrogen-bond acceptors (Lipinski definition) is 1. The quantitative estimate of drug-likeness (QED) is 0.302. The minimum absolute atomic E-state index is 0.0295. The van der Waals surface area contributed by atoms with Crippen LogP contribution >= 0.6 is 0 Å². The van der Waals surface area contributed by atoms with E-state index in [1.807, 2.05) is 0 Å². The zero-order chi connectivity index (χ0) is 21.7. The van der Waals surface area contributed by atoms with Gasteiger partial charge < -0.3 is 4.74 Å². The van der Waals surface area contributed by atoms with Crippen molar-refractivity contribution >= 4 is 0 Å². The van der Waals surface area contributed by atoms with E-state index in [9.17, 15) is 17.6 Å². The van der Waals surface area contributed by atoms with E-state index in [-0.39, 0.29) is 17.7 Å². The normalized spacial score (nSPS) is 27.6. The lowest BCUT2D eigenvalue weighted by atomic mass is 9.68. The van der Waals surface area contributed by atoms with Gasteiger partial charge in [-0.3, -0.25) is 0 Å². The van der Waals surface area contributed by atoms with Gasteiger partial charge in [-0.05, 0) is 74.3 Å². The molecule has 2 saturated carbocycles. The fraction of sp³-hybridized carbons (Fsp3) is 0.680. The molecule has 5 heteroatoms. The molecule has 0 N–H and O–H groups in total. The van der Waals surface area contributed by atoms with Crippen LogP contribution in [0.25, 0.3) is 0 Å². The van der Waals surface area contributed by atoms with Crippen molar-refractivity contribution in [2.75, 3.05) is 0 Å². The van der Waals surface area contributed by atoms with Crippen LogP contribution in [0.2, 0.25) is 0 Å². The summed E-state index contributed by atoms with van der Waals surface area (Å²) in [5.74, 6) is -1.39. The maximum Gasteiger partial charge on any atom is 0.400 e. The number of halogens is 4. The Bertz CT molecular complexity index is 701. The lowest BCUT2D eigenvalue weighted by Crippen LogP contribution is -2.38. The summed E-state index contributed by atoms with van der Waals surface area (Å²) in [6, 6.07) is 1.85. The Morgan fingerprint density at radius 3 is 2.17 bits per heavy atom. The molecule has 0 unspecified atom stereocenters. The van der Waals surface area contributed by atoms with E-state index in [0.29, 0.717) is 30.7 Å². The molecule has 2 aliphatic carbocycles. The van der Waals surface area contributed by atoms with Crippen molar-refractivity contribution in [3.8, 4) is 5.75 Å². The van der Waals surface area contributed by atoms with Crippen molar-refractivity contribution in [3.05, 3.63) is 42.0 Å². The second kappa shape index (κ2) is 10.2. The minimum Gasteiger partial charge on any atom is -0.432 e. The highest BCUT2D eigenvalue weighted by molar-refractivity contribution is 5.32. The lowest BCUT2D eigenvalue weighted by molar-refractivity contribution is -0.224. The number of rotatable bonds is 8. The molecule has 0 aliphatic heterocycles. The summed E-state index contributed by atoms with van der Waals surface area (Å²) in [6.45, 7) is 5.72. The predicted molar refractivity (Wildman–Crippen MR) is 112 cm³/mol. The molecule has 0 aromatic heterocycles. The Labute approximate surface area is 177 Å². The highest BCUT2D eigenvalue weighted by Crippen LogP contribution is 2.46. The Kier molecular flexibility index (Phi) is 7.86. The second-order valence-corrected chi connectivity index (χ2v) is 9.22. The number of benzene rings is 1. The Hall–Kier alpha value is -1.52. The predicted octanol–water partition coefficient (Wildman–Crippen LogP) is 8.08. The smallest absolute Gasteiger partial charge is 0.400 e. The van der Waals surface area contributed by atoms with Gasteiger partial charge in [-0.1, -0.05) is 38.7 Å². The van der Waals surface area contributed by atoms with E-state index in [0.717, 1.165) is 24.8 Å². The van der Waals surface area contributed by atoms with Gasteiger partial charge in [-0.15, -0.1) is 6.58 Å². The molecule has 0 bridgehead atoms. The van der Waals surface area contributed by atoms with E-state index >= 15 is 0 Å². The molecule has 1 nitrogen and oxygen atoms in total. The largest absolute Gasteiger partial charge is 0.432 e. The second-order valence-electron chi connectivity index (χ2n) is 9.22. The molecular weight excluding hydrogens is 392 g/mol. The van der Waals surface area contributed by atoms with Crippen molar-refractivity contribution in [1.29, 1.82) is 0 Å². The van der Waals surface area contributed by atoms with Crippen LogP contribution < -0.4 is 4.74 Å². The third-order valence-electron chi connectivity index (χ3n) is 7.20. The zero-order valence-corrected chi connectivity index (χ0v) is 17.9. The molecular formula is C25H34F4O. The number of allylic oxidation sites excluding steroid dienone is 1. The highest BCUT2D eigenvalue weighted by atomic mass is 19.3. The van der Waals surface area contributed by atoms with Gasteiger partial charge in [0, 0.05) is 6.07 Å². The average Bonchev–Trinajstić information content (AvgIpc) is 2.72. The first-order valence-electron chi connectivity index (χ1n) is 11.5. The third-order valence-corrected chi connectivity index (χ3v) is 7.20. The SMILES string of the molecule is C=CCc1cc(OC(F)(F)C2CCC(C3CCC(CCC)CC3)CC2)cc(F)c1F. The first-order chi connectivity index (χ1) is 14.3. The standard InChI is InChI=1S/C25H34F4O/c1-3-5-17-7-9-18(10-8-17)19-11-13-21(14-12-19)25(28,29)30-22-15-20(6-4-2)24(27)23(26)16-22/h4,15-19,21H,2-3,5-14H2,1H3. The van der Waals surface area contributed by atoms with Crippen LogP contribution in [0, 0.1) is 35.3 Å². The first-order valence-corrected chi connectivity index (χ1v) is 11.5. The van der Waals surface area contributed by atoms with Gasteiger partial charge in [-0.25, -0.2) is 8.78 Å². The van der Waals surface area contributed by atoms with Gasteiger partial charge in [0.1, 0.15) is 5.75 Å². The number of ether oxygens (including phenoxy) is 1. The Morgan fingerprint density at radius 2 is 1.60 bits per heavy atom. The van der Waals surface area contributed by atoms with Gasteiger partial charge in [0.2, 0.25) is 0 Å². The fourth-order valence-electron chi connectivity index (χ4n) is 5.51. The van der Waals surface area contributed by atoms with Crippen LogP contribution in [-0.2, 0) is 6.42 Å². The summed E-state index contributed by atoms with van der Waals surface area (Å²) < 4.78 is 62.1. The van der Waals surface area contributed by atoms with E-state index in [1.54, 1.807) is 0 Å². The molecule has 168 valence electrons. The lowest BCUT2D eigenvalue weighted by Gasteiger charge is -2.39. The van der Waals surface area contributed by atoms with Gasteiger partial charge >= 0.3 is 6.11 Å². The highest BCUT2D eigenvalue weighted by Gasteiger charge is 2.45. The molecule has 2 aliphatic rings. The van der Waals surface area contributed by atoms with E-state index < -0.39 is 23.7 Å². The summed E-state index contributed by atoms with van der Waals surface area (Å²) in [5.41, 5.74) is -0.0295. The average molecular weight is 427 g/mol. The molecule has 0 heterocycles. The molecule has 0 spiro atoms. The van der Waals surface area contributed by atoms with Gasteiger partial charge in [0.05, 0.1) is 5.92 Å². The van der Waals surface area contributed by atoms with Crippen LogP contribution in [-0.4, -0.2) is 6.11 Å². The van der Waals surface area contributed by atoms with E-state index in [2.05, 4.69) is 13.5 Å². The molecule has 3 rings (SSSR count). The third kappa shape index (κ3) is 5.59. The molecule has 0 radical (unpaired) electrons. The molecule has 0 atom stereocenters. The van der Waals surface area contributed by atoms with Gasteiger partial charge in [0.25, 0.3) is 0 Å². The minimum atomic E-state index is -3.39. The van der Waals surface area contributed by atoms with Crippen LogP contribution in [0.5, 0.6) is 5.75 Å². The van der Waals surface area contributed by atoms with Gasteiger partial charge in [-0.2, -0.15) is 8.78 Å². The summed E-state index contributed by atoms with van der Waals surface area (Å²) >= 11 is 0. The maximum absolute atomic E-state index is 14.8. The van der Waals surface area contributed by atoms with Gasteiger partial charge in [0.15, 0.2) is 11.6 Å². The van der Waals surface area contributed by atoms with Crippen molar-refractivity contribution < 1.29 is 22.3 Å².